The van der Waals surface area contributed by atoms with E-state index in [4.69, 9.17) is 5.73 Å². The number of aryl methyl sites for hydroxylation is 1. The quantitative estimate of drug-likeness (QED) is 0.559. The van der Waals surface area contributed by atoms with Crippen LogP contribution < -0.4 is 11.1 Å². The summed E-state index contributed by atoms with van der Waals surface area (Å²) in [7, 11) is 0. The van der Waals surface area contributed by atoms with Crippen molar-refractivity contribution in [3.63, 3.8) is 0 Å². The van der Waals surface area contributed by atoms with Gasteiger partial charge in [-0.3, -0.25) is 9.48 Å². The minimum Gasteiger partial charge on any atom is -0.361 e. The maximum atomic E-state index is 12.1. The molecule has 1 atom stereocenters. The summed E-state index contributed by atoms with van der Waals surface area (Å²) in [5, 5.41) is 11.6. The first kappa shape index (κ1) is 18.0. The number of nitrogens with one attached hydrogen (secondary N) is 2. The van der Waals surface area contributed by atoms with Crippen molar-refractivity contribution in [2.24, 2.45) is 5.73 Å². The Hall–Kier alpha value is -2.38. The van der Waals surface area contributed by atoms with Crippen LogP contribution in [0.3, 0.4) is 0 Å². The number of aromatic amines is 1. The maximum absolute atomic E-state index is 12.1. The van der Waals surface area contributed by atoms with Gasteiger partial charge in [0.05, 0.1) is 12.2 Å². The average Bonchev–Trinajstić information content (AvgIpc) is 3.21. The molecule has 0 bridgehead atoms. The molecule has 0 aliphatic carbocycles. The first-order chi connectivity index (χ1) is 11.2. The molecule has 0 saturated carbocycles. The van der Waals surface area contributed by atoms with E-state index in [0.29, 0.717) is 13.0 Å². The normalized spacial score (nSPS) is 11.9. The van der Waals surface area contributed by atoms with Crippen LogP contribution in [0.25, 0.3) is 10.9 Å². The number of para-hydroxylation sites is 1. The van der Waals surface area contributed by atoms with Crippen molar-refractivity contribution in [1.82, 2.24) is 25.3 Å². The van der Waals surface area contributed by atoms with Gasteiger partial charge >= 0.3 is 0 Å². The number of carbonyl (C=O) groups is 1. The standard InChI is InChI=1S/C16H20N6O.ClH/c17-14(10-12-11-19-15-5-2-1-4-13(12)15)16(23)18-6-3-8-22-9-7-20-21-22;/h1-2,4-5,7,9,11,14,19H,3,6,8,10,17H2,(H,18,23);1H/t14-;/m0./s1. The Morgan fingerprint density at radius 1 is 1.38 bits per heavy atom. The van der Waals surface area contributed by atoms with E-state index in [1.807, 2.05) is 30.5 Å². The van der Waals surface area contributed by atoms with Gasteiger partial charge in [-0.05, 0) is 24.5 Å². The number of benzene rings is 1. The van der Waals surface area contributed by atoms with E-state index in [2.05, 4.69) is 20.6 Å². The predicted molar refractivity (Wildman–Crippen MR) is 94.9 cm³/mol. The molecule has 2 heterocycles. The molecule has 0 aliphatic rings. The molecule has 1 amide bonds. The third-order valence-electron chi connectivity index (χ3n) is 3.79. The van der Waals surface area contributed by atoms with Gasteiger partial charge in [0.15, 0.2) is 0 Å². The highest BCUT2D eigenvalue weighted by Gasteiger charge is 2.15. The summed E-state index contributed by atoms with van der Waals surface area (Å²) >= 11 is 0. The number of fused-ring (bicyclic) bond motifs is 1. The average molecular weight is 349 g/mol. The number of hydrogen-bond acceptors (Lipinski definition) is 4. The zero-order valence-electron chi connectivity index (χ0n) is 13.2. The molecular weight excluding hydrogens is 328 g/mol. The van der Waals surface area contributed by atoms with Gasteiger partial charge in [0.2, 0.25) is 5.91 Å². The van der Waals surface area contributed by atoms with Crippen LogP contribution in [-0.4, -0.2) is 38.5 Å². The molecule has 3 aromatic rings. The fraction of sp³-hybridized carbons (Fsp3) is 0.312. The molecule has 128 valence electrons. The van der Waals surface area contributed by atoms with Gasteiger partial charge in [-0.1, -0.05) is 23.4 Å². The van der Waals surface area contributed by atoms with Crippen LogP contribution in [-0.2, 0) is 17.8 Å². The number of H-pyrrole nitrogens is 1. The molecule has 0 unspecified atom stereocenters. The van der Waals surface area contributed by atoms with E-state index >= 15 is 0 Å². The molecule has 8 heteroatoms. The summed E-state index contributed by atoms with van der Waals surface area (Å²) in [6.07, 6.45) is 6.65. The fourth-order valence-electron chi connectivity index (χ4n) is 2.57. The van der Waals surface area contributed by atoms with E-state index in [-0.39, 0.29) is 18.3 Å². The van der Waals surface area contributed by atoms with Crippen molar-refractivity contribution in [3.8, 4) is 0 Å². The number of carbonyl (C=O) groups excluding carboxylic acids is 1. The Morgan fingerprint density at radius 2 is 2.21 bits per heavy atom. The van der Waals surface area contributed by atoms with Crippen LogP contribution in [0, 0.1) is 0 Å². The van der Waals surface area contributed by atoms with Crippen LogP contribution in [0.1, 0.15) is 12.0 Å². The van der Waals surface area contributed by atoms with Crippen molar-refractivity contribution in [2.45, 2.75) is 25.4 Å². The Kier molecular flexibility index (Phi) is 6.34. The number of amides is 1. The van der Waals surface area contributed by atoms with Crippen molar-refractivity contribution < 1.29 is 4.79 Å². The number of rotatable bonds is 7. The minimum atomic E-state index is -0.555. The van der Waals surface area contributed by atoms with Crippen molar-refractivity contribution in [2.75, 3.05) is 6.54 Å². The van der Waals surface area contributed by atoms with Crippen LogP contribution in [0.4, 0.5) is 0 Å². The van der Waals surface area contributed by atoms with Gasteiger partial charge < -0.3 is 16.0 Å². The van der Waals surface area contributed by atoms with Gasteiger partial charge in [0, 0.05) is 36.4 Å². The largest absolute Gasteiger partial charge is 0.361 e. The Morgan fingerprint density at radius 3 is 3.00 bits per heavy atom. The molecule has 24 heavy (non-hydrogen) atoms. The summed E-state index contributed by atoms with van der Waals surface area (Å²) in [4.78, 5) is 15.3. The van der Waals surface area contributed by atoms with Crippen LogP contribution in [0.2, 0.25) is 0 Å². The van der Waals surface area contributed by atoms with Gasteiger partial charge in [-0.15, -0.1) is 17.5 Å². The molecule has 2 aromatic heterocycles. The van der Waals surface area contributed by atoms with Gasteiger partial charge in [-0.2, -0.15) is 0 Å². The van der Waals surface area contributed by atoms with E-state index < -0.39 is 6.04 Å². The zero-order valence-corrected chi connectivity index (χ0v) is 14.0. The third kappa shape index (κ3) is 4.33. The molecule has 0 radical (unpaired) electrons. The highest BCUT2D eigenvalue weighted by molar-refractivity contribution is 5.86. The lowest BCUT2D eigenvalue weighted by atomic mass is 10.1. The molecule has 0 spiro atoms. The first-order valence-electron chi connectivity index (χ1n) is 7.66. The summed E-state index contributed by atoms with van der Waals surface area (Å²) in [5.74, 6) is -0.131. The second kappa shape index (κ2) is 8.47. The number of halogens is 1. The van der Waals surface area contributed by atoms with Gasteiger partial charge in [0.1, 0.15) is 0 Å². The number of nitrogens with two attached hydrogens (primary N) is 1. The van der Waals surface area contributed by atoms with Crippen molar-refractivity contribution in [3.05, 3.63) is 48.4 Å². The van der Waals surface area contributed by atoms with Crippen molar-refractivity contribution in [1.29, 1.82) is 0 Å². The third-order valence-corrected chi connectivity index (χ3v) is 3.79. The zero-order chi connectivity index (χ0) is 16.1. The Balaban J connectivity index is 0.00000208. The summed E-state index contributed by atoms with van der Waals surface area (Å²) in [5.41, 5.74) is 8.14. The molecule has 3 rings (SSSR count). The van der Waals surface area contributed by atoms with E-state index in [1.54, 1.807) is 17.1 Å². The SMILES string of the molecule is Cl.N[C@@H](Cc1c[nH]c2ccccc12)C(=O)NCCCn1ccnn1. The minimum absolute atomic E-state index is 0. The van der Waals surface area contributed by atoms with Crippen LogP contribution in [0.5, 0.6) is 0 Å². The van der Waals surface area contributed by atoms with Crippen LogP contribution >= 0.6 is 12.4 Å². The molecule has 4 N–H and O–H groups in total. The summed E-state index contributed by atoms with van der Waals surface area (Å²) < 4.78 is 1.73. The lowest BCUT2D eigenvalue weighted by Gasteiger charge is -2.12. The van der Waals surface area contributed by atoms with E-state index in [9.17, 15) is 4.79 Å². The monoisotopic (exact) mass is 348 g/mol. The second-order valence-corrected chi connectivity index (χ2v) is 5.48. The van der Waals surface area contributed by atoms with Crippen molar-refractivity contribution >= 4 is 29.2 Å². The van der Waals surface area contributed by atoms with Gasteiger partial charge in [0.25, 0.3) is 0 Å². The molecule has 0 fully saturated rings. The Labute approximate surface area is 146 Å². The lowest BCUT2D eigenvalue weighted by Crippen LogP contribution is -2.42. The van der Waals surface area contributed by atoms with Crippen LogP contribution in [0.15, 0.2) is 42.9 Å². The molecular formula is C16H21ClN6O. The summed E-state index contributed by atoms with van der Waals surface area (Å²) in [6.45, 7) is 1.29. The Bertz CT molecular complexity index is 770. The summed E-state index contributed by atoms with van der Waals surface area (Å²) in [6, 6.07) is 7.44. The molecule has 0 aliphatic heterocycles. The fourth-order valence-corrected chi connectivity index (χ4v) is 2.57. The first-order valence-corrected chi connectivity index (χ1v) is 7.66. The molecule has 1 aromatic carbocycles. The molecule has 0 saturated heterocycles. The molecule has 7 nitrogen and oxygen atoms in total. The predicted octanol–water partition coefficient (Wildman–Crippen LogP) is 1.26. The van der Waals surface area contributed by atoms with E-state index in [0.717, 1.165) is 29.4 Å². The smallest absolute Gasteiger partial charge is 0.237 e. The number of hydrogen-bond donors (Lipinski definition) is 3. The highest BCUT2D eigenvalue weighted by Crippen LogP contribution is 2.18. The highest BCUT2D eigenvalue weighted by atomic mass is 35.5. The lowest BCUT2D eigenvalue weighted by molar-refractivity contribution is -0.122. The van der Waals surface area contributed by atoms with E-state index in [1.165, 1.54) is 0 Å². The van der Waals surface area contributed by atoms with Gasteiger partial charge in [-0.25, -0.2) is 0 Å². The second-order valence-electron chi connectivity index (χ2n) is 5.48. The number of aromatic nitrogens is 4. The maximum Gasteiger partial charge on any atom is 0.237 e. The topological polar surface area (TPSA) is 102 Å². The number of nitrogens with zero attached hydrogens (tertiary/aromatic N) is 3.